The normalized spacial score (nSPS) is 10.8. The molecule has 2 heterocycles. The molecule has 0 fully saturated rings. The van der Waals surface area contributed by atoms with E-state index in [9.17, 15) is 24.6 Å². The number of aromatic amines is 1. The molecule has 3 aromatic rings. The van der Waals surface area contributed by atoms with Crippen LogP contribution in [-0.4, -0.2) is 36.9 Å². The third kappa shape index (κ3) is 2.26. The molecule has 116 valence electrons. The summed E-state index contributed by atoms with van der Waals surface area (Å²) in [6, 6.07) is 7.28. The number of hydrogen-bond donors (Lipinski definition) is 3. The third-order valence-electron chi connectivity index (χ3n) is 3.43. The summed E-state index contributed by atoms with van der Waals surface area (Å²) in [5.41, 5.74) is 0.00564. The first-order valence-corrected chi connectivity index (χ1v) is 6.59. The van der Waals surface area contributed by atoms with E-state index < -0.39 is 17.5 Å². The molecule has 8 heteroatoms. The Morgan fingerprint density at radius 3 is 2.52 bits per heavy atom. The number of carboxylic acid groups (broad SMARTS) is 2. The largest absolute Gasteiger partial charge is 0.478 e. The van der Waals surface area contributed by atoms with Gasteiger partial charge in [-0.3, -0.25) is 4.79 Å². The molecule has 0 aliphatic rings. The molecule has 0 saturated carbocycles. The Labute approximate surface area is 128 Å². The van der Waals surface area contributed by atoms with Gasteiger partial charge in [-0.2, -0.15) is 5.10 Å². The number of aryl methyl sites for hydroxylation is 1. The number of carboxylic acids is 2. The van der Waals surface area contributed by atoms with E-state index in [4.69, 9.17) is 0 Å². The van der Waals surface area contributed by atoms with Gasteiger partial charge in [0.1, 0.15) is 5.65 Å². The molecular formula is C15H11N3O5. The smallest absolute Gasteiger partial charge is 0.357 e. The molecule has 0 saturated heterocycles. The summed E-state index contributed by atoms with van der Waals surface area (Å²) >= 11 is 0. The number of carbonyl (C=O) groups is 2. The number of nitrogens with zero attached hydrogens (tertiary/aromatic N) is 2. The number of rotatable bonds is 3. The highest BCUT2D eigenvalue weighted by Crippen LogP contribution is 2.24. The van der Waals surface area contributed by atoms with E-state index in [1.165, 1.54) is 18.2 Å². The van der Waals surface area contributed by atoms with Gasteiger partial charge in [0, 0.05) is 6.07 Å². The SMILES string of the molecule is Cc1cc(=O)[nH]c2c1c(C(=O)O)nn2-c1ccccc1C(=O)O. The van der Waals surface area contributed by atoms with Crippen molar-refractivity contribution in [3.63, 3.8) is 0 Å². The molecule has 0 atom stereocenters. The van der Waals surface area contributed by atoms with Gasteiger partial charge in [0.2, 0.25) is 5.56 Å². The van der Waals surface area contributed by atoms with Crippen molar-refractivity contribution in [2.75, 3.05) is 0 Å². The van der Waals surface area contributed by atoms with E-state index in [1.807, 2.05) is 0 Å². The molecule has 8 nitrogen and oxygen atoms in total. The monoisotopic (exact) mass is 313 g/mol. The third-order valence-corrected chi connectivity index (χ3v) is 3.43. The maximum absolute atomic E-state index is 11.7. The summed E-state index contributed by atoms with van der Waals surface area (Å²) in [4.78, 5) is 37.1. The number of hydrogen-bond acceptors (Lipinski definition) is 4. The summed E-state index contributed by atoms with van der Waals surface area (Å²) < 4.78 is 1.14. The van der Waals surface area contributed by atoms with Crippen molar-refractivity contribution in [3.05, 3.63) is 57.5 Å². The van der Waals surface area contributed by atoms with Crippen LogP contribution in [0.4, 0.5) is 0 Å². The maximum Gasteiger partial charge on any atom is 0.357 e. The highest BCUT2D eigenvalue weighted by Gasteiger charge is 2.22. The first-order chi connectivity index (χ1) is 10.9. The van der Waals surface area contributed by atoms with Gasteiger partial charge < -0.3 is 15.2 Å². The lowest BCUT2D eigenvalue weighted by Gasteiger charge is -2.07. The Morgan fingerprint density at radius 2 is 1.87 bits per heavy atom. The highest BCUT2D eigenvalue weighted by atomic mass is 16.4. The number of aromatic carboxylic acids is 2. The molecule has 0 spiro atoms. The first kappa shape index (κ1) is 14.5. The van der Waals surface area contributed by atoms with E-state index in [0.29, 0.717) is 5.56 Å². The van der Waals surface area contributed by atoms with Crippen molar-refractivity contribution in [3.8, 4) is 5.69 Å². The average molecular weight is 313 g/mol. The van der Waals surface area contributed by atoms with Crippen LogP contribution in [0.3, 0.4) is 0 Å². The quantitative estimate of drug-likeness (QED) is 0.671. The van der Waals surface area contributed by atoms with Crippen LogP contribution in [-0.2, 0) is 0 Å². The summed E-state index contributed by atoms with van der Waals surface area (Å²) in [5, 5.41) is 22.9. The fourth-order valence-corrected chi connectivity index (χ4v) is 2.49. The predicted octanol–water partition coefficient (Wildman–Crippen LogP) is 1.42. The van der Waals surface area contributed by atoms with Gasteiger partial charge in [-0.1, -0.05) is 12.1 Å². The minimum Gasteiger partial charge on any atom is -0.478 e. The second-order valence-corrected chi connectivity index (χ2v) is 4.93. The molecule has 0 amide bonds. The van der Waals surface area contributed by atoms with Crippen LogP contribution < -0.4 is 5.56 Å². The minimum atomic E-state index is -1.27. The van der Waals surface area contributed by atoms with Crippen LogP contribution in [0.5, 0.6) is 0 Å². The number of aromatic nitrogens is 3. The molecular weight excluding hydrogens is 302 g/mol. The highest BCUT2D eigenvalue weighted by molar-refractivity contribution is 6.02. The van der Waals surface area contributed by atoms with E-state index in [-0.39, 0.29) is 28.0 Å². The molecule has 0 unspecified atom stereocenters. The topological polar surface area (TPSA) is 125 Å². The van der Waals surface area contributed by atoms with Crippen LogP contribution in [0.15, 0.2) is 35.1 Å². The second-order valence-electron chi connectivity index (χ2n) is 4.93. The van der Waals surface area contributed by atoms with Gasteiger partial charge >= 0.3 is 11.9 Å². The average Bonchev–Trinajstić information content (AvgIpc) is 2.87. The Morgan fingerprint density at radius 1 is 1.17 bits per heavy atom. The van der Waals surface area contributed by atoms with Gasteiger partial charge in [0.25, 0.3) is 0 Å². The van der Waals surface area contributed by atoms with Crippen molar-refractivity contribution in [1.82, 2.24) is 14.8 Å². The number of H-pyrrole nitrogens is 1. The lowest BCUT2D eigenvalue weighted by Crippen LogP contribution is -2.10. The molecule has 23 heavy (non-hydrogen) atoms. The number of benzene rings is 1. The molecule has 2 aromatic heterocycles. The summed E-state index contributed by atoms with van der Waals surface area (Å²) in [6.45, 7) is 1.60. The molecule has 0 radical (unpaired) electrons. The fourth-order valence-electron chi connectivity index (χ4n) is 2.49. The van der Waals surface area contributed by atoms with Crippen LogP contribution >= 0.6 is 0 Å². The van der Waals surface area contributed by atoms with Crippen molar-refractivity contribution < 1.29 is 19.8 Å². The minimum absolute atomic E-state index is 0.0591. The van der Waals surface area contributed by atoms with E-state index in [1.54, 1.807) is 19.1 Å². The zero-order valence-corrected chi connectivity index (χ0v) is 11.9. The van der Waals surface area contributed by atoms with Crippen molar-refractivity contribution in [1.29, 1.82) is 0 Å². The Balaban J connectivity index is 2.47. The van der Waals surface area contributed by atoms with Crippen LogP contribution in [0.2, 0.25) is 0 Å². The Bertz CT molecular complexity index is 1020. The Kier molecular flexibility index (Phi) is 3.21. The number of para-hydroxylation sites is 1. The molecule has 3 N–H and O–H groups in total. The van der Waals surface area contributed by atoms with E-state index >= 15 is 0 Å². The summed E-state index contributed by atoms with van der Waals surface area (Å²) in [5.74, 6) is -2.45. The van der Waals surface area contributed by atoms with Gasteiger partial charge in [0.15, 0.2) is 5.69 Å². The summed E-state index contributed by atoms with van der Waals surface area (Å²) in [7, 11) is 0. The van der Waals surface area contributed by atoms with Gasteiger partial charge in [0.05, 0.1) is 16.6 Å². The molecule has 0 aliphatic heterocycles. The number of nitrogens with one attached hydrogen (secondary N) is 1. The Hall–Kier alpha value is -3.42. The summed E-state index contributed by atoms with van der Waals surface area (Å²) in [6.07, 6.45) is 0. The molecule has 3 rings (SSSR count). The maximum atomic E-state index is 11.7. The van der Waals surface area contributed by atoms with Crippen molar-refractivity contribution in [2.24, 2.45) is 0 Å². The zero-order chi connectivity index (χ0) is 16.7. The van der Waals surface area contributed by atoms with Gasteiger partial charge in [-0.15, -0.1) is 0 Å². The van der Waals surface area contributed by atoms with Crippen LogP contribution in [0, 0.1) is 6.92 Å². The molecule has 1 aromatic carbocycles. The lowest BCUT2D eigenvalue weighted by atomic mass is 10.1. The predicted molar refractivity (Wildman–Crippen MR) is 80.3 cm³/mol. The van der Waals surface area contributed by atoms with Crippen molar-refractivity contribution >= 4 is 23.0 Å². The number of fused-ring (bicyclic) bond motifs is 1. The first-order valence-electron chi connectivity index (χ1n) is 6.59. The second kappa shape index (κ2) is 5.09. The van der Waals surface area contributed by atoms with E-state index in [0.717, 1.165) is 4.68 Å². The standard InChI is InChI=1S/C15H11N3O5/c1-7-6-10(19)16-13-11(7)12(15(22)23)17-18(13)9-5-3-2-4-8(9)14(20)21/h2-6H,1H3,(H,16,19)(H,20,21)(H,22,23). The zero-order valence-electron chi connectivity index (χ0n) is 11.9. The lowest BCUT2D eigenvalue weighted by molar-refractivity contribution is 0.0685. The van der Waals surface area contributed by atoms with Gasteiger partial charge in [-0.25, -0.2) is 14.3 Å². The van der Waals surface area contributed by atoms with E-state index in [2.05, 4.69) is 10.1 Å². The van der Waals surface area contributed by atoms with Crippen LogP contribution in [0.25, 0.3) is 16.7 Å². The molecule has 0 bridgehead atoms. The fraction of sp³-hybridized carbons (Fsp3) is 0.0667. The number of pyridine rings is 1. The van der Waals surface area contributed by atoms with Crippen LogP contribution in [0.1, 0.15) is 26.4 Å². The van der Waals surface area contributed by atoms with Gasteiger partial charge in [-0.05, 0) is 24.6 Å². The van der Waals surface area contributed by atoms with Crippen molar-refractivity contribution in [2.45, 2.75) is 6.92 Å². The molecule has 0 aliphatic carbocycles.